The van der Waals surface area contributed by atoms with Crippen molar-refractivity contribution in [1.29, 1.82) is 0 Å². The number of aromatic amines is 1. The normalized spacial score (nSPS) is 10.4. The first kappa shape index (κ1) is 11.4. The van der Waals surface area contributed by atoms with E-state index in [1.165, 1.54) is 20.4 Å². The van der Waals surface area contributed by atoms with Crippen LogP contribution in [0.4, 0.5) is 5.69 Å². The summed E-state index contributed by atoms with van der Waals surface area (Å²) in [6, 6.07) is 6.40. The number of nitrogens with one attached hydrogen (secondary N) is 2. The van der Waals surface area contributed by atoms with Crippen LogP contribution < -0.4 is 5.32 Å². The SMILES string of the molecule is Cc1cc(I)ccc1NCc1cn[nH]c1C. The molecular formula is C12H14IN3. The van der Waals surface area contributed by atoms with Crippen LogP contribution in [-0.4, -0.2) is 10.2 Å². The summed E-state index contributed by atoms with van der Waals surface area (Å²) in [5, 5.41) is 10.4. The molecule has 1 aromatic carbocycles. The summed E-state index contributed by atoms with van der Waals surface area (Å²) in [5.41, 5.74) is 4.78. The summed E-state index contributed by atoms with van der Waals surface area (Å²) in [6.45, 7) is 4.96. The highest BCUT2D eigenvalue weighted by Gasteiger charge is 2.02. The zero-order valence-electron chi connectivity index (χ0n) is 9.34. The van der Waals surface area contributed by atoms with Crippen molar-refractivity contribution in [2.75, 3.05) is 5.32 Å². The van der Waals surface area contributed by atoms with Gasteiger partial charge in [0.15, 0.2) is 0 Å². The molecule has 2 rings (SSSR count). The zero-order valence-corrected chi connectivity index (χ0v) is 11.5. The van der Waals surface area contributed by atoms with E-state index in [0.717, 1.165) is 12.2 Å². The quantitative estimate of drug-likeness (QED) is 0.850. The molecule has 0 aliphatic rings. The molecule has 0 amide bonds. The van der Waals surface area contributed by atoms with Crippen molar-refractivity contribution >= 4 is 28.3 Å². The van der Waals surface area contributed by atoms with E-state index < -0.39 is 0 Å². The number of hydrogen-bond acceptors (Lipinski definition) is 2. The van der Waals surface area contributed by atoms with Gasteiger partial charge in [-0.05, 0) is 60.2 Å². The zero-order chi connectivity index (χ0) is 11.5. The smallest absolute Gasteiger partial charge is 0.0539 e. The molecule has 16 heavy (non-hydrogen) atoms. The van der Waals surface area contributed by atoms with Gasteiger partial charge in [0.1, 0.15) is 0 Å². The number of hydrogen-bond donors (Lipinski definition) is 2. The molecule has 3 nitrogen and oxygen atoms in total. The Balaban J connectivity index is 2.08. The molecule has 2 aromatic rings. The third-order valence-corrected chi connectivity index (χ3v) is 3.26. The van der Waals surface area contributed by atoms with Crippen molar-refractivity contribution < 1.29 is 0 Å². The van der Waals surface area contributed by atoms with Crippen LogP contribution in [0.5, 0.6) is 0 Å². The number of aryl methyl sites for hydroxylation is 2. The molecule has 0 radical (unpaired) electrons. The lowest BCUT2D eigenvalue weighted by Gasteiger charge is -2.09. The van der Waals surface area contributed by atoms with E-state index in [4.69, 9.17) is 0 Å². The minimum absolute atomic E-state index is 0.809. The van der Waals surface area contributed by atoms with E-state index in [0.29, 0.717) is 0 Å². The Kier molecular flexibility index (Phi) is 3.48. The molecule has 0 aliphatic heterocycles. The largest absolute Gasteiger partial charge is 0.381 e. The van der Waals surface area contributed by atoms with Crippen LogP contribution in [0.25, 0.3) is 0 Å². The summed E-state index contributed by atoms with van der Waals surface area (Å²) in [5.74, 6) is 0. The second-order valence-electron chi connectivity index (χ2n) is 3.83. The summed E-state index contributed by atoms with van der Waals surface area (Å²) in [4.78, 5) is 0. The highest BCUT2D eigenvalue weighted by Crippen LogP contribution is 2.18. The van der Waals surface area contributed by atoms with Crippen molar-refractivity contribution in [1.82, 2.24) is 10.2 Å². The monoisotopic (exact) mass is 327 g/mol. The van der Waals surface area contributed by atoms with Gasteiger partial charge in [-0.1, -0.05) is 0 Å². The molecule has 0 bridgehead atoms. The molecule has 2 N–H and O–H groups in total. The molecule has 1 heterocycles. The molecule has 1 aromatic heterocycles. The first-order chi connectivity index (χ1) is 7.66. The molecule has 0 spiro atoms. The van der Waals surface area contributed by atoms with Crippen molar-refractivity contribution in [3.63, 3.8) is 0 Å². The molecular weight excluding hydrogens is 313 g/mol. The Morgan fingerprint density at radius 3 is 2.81 bits per heavy atom. The van der Waals surface area contributed by atoms with Crippen molar-refractivity contribution in [2.24, 2.45) is 0 Å². The van der Waals surface area contributed by atoms with Crippen LogP contribution in [-0.2, 0) is 6.54 Å². The molecule has 4 heteroatoms. The number of rotatable bonds is 3. The standard InChI is InChI=1S/C12H14IN3/c1-8-5-11(13)3-4-12(8)14-6-10-7-15-16-9(10)2/h3-5,7,14H,6H2,1-2H3,(H,15,16). The minimum Gasteiger partial charge on any atom is -0.381 e. The van der Waals surface area contributed by atoms with Crippen molar-refractivity contribution in [3.05, 3.63) is 44.8 Å². The number of anilines is 1. The van der Waals surface area contributed by atoms with Gasteiger partial charge in [-0.25, -0.2) is 0 Å². The number of halogens is 1. The van der Waals surface area contributed by atoms with Gasteiger partial charge in [-0.15, -0.1) is 0 Å². The van der Waals surface area contributed by atoms with Crippen molar-refractivity contribution in [3.8, 4) is 0 Å². The Labute approximate surface area is 109 Å². The fourth-order valence-corrected chi connectivity index (χ4v) is 2.22. The lowest BCUT2D eigenvalue weighted by Crippen LogP contribution is -2.01. The van der Waals surface area contributed by atoms with E-state index in [2.05, 4.69) is 63.2 Å². The van der Waals surface area contributed by atoms with Gasteiger partial charge in [-0.3, -0.25) is 5.10 Å². The molecule has 84 valence electrons. The summed E-state index contributed by atoms with van der Waals surface area (Å²) < 4.78 is 1.26. The summed E-state index contributed by atoms with van der Waals surface area (Å²) in [7, 11) is 0. The van der Waals surface area contributed by atoms with E-state index >= 15 is 0 Å². The average Bonchev–Trinajstić information content (AvgIpc) is 2.63. The predicted molar refractivity (Wildman–Crippen MR) is 74.5 cm³/mol. The van der Waals surface area contributed by atoms with Gasteiger partial charge in [0.25, 0.3) is 0 Å². The Bertz CT molecular complexity index is 491. The number of aromatic nitrogens is 2. The van der Waals surface area contributed by atoms with Gasteiger partial charge >= 0.3 is 0 Å². The van der Waals surface area contributed by atoms with Gasteiger partial charge in [0.05, 0.1) is 6.20 Å². The number of H-pyrrole nitrogens is 1. The molecule has 0 atom stereocenters. The Morgan fingerprint density at radius 2 is 2.19 bits per heavy atom. The molecule has 0 saturated carbocycles. The Hall–Kier alpha value is -1.04. The molecule has 0 unspecified atom stereocenters. The minimum atomic E-state index is 0.809. The maximum atomic E-state index is 4.00. The number of nitrogens with zero attached hydrogens (tertiary/aromatic N) is 1. The fraction of sp³-hybridized carbons (Fsp3) is 0.250. The third kappa shape index (κ3) is 2.55. The van der Waals surface area contributed by atoms with Crippen LogP contribution >= 0.6 is 22.6 Å². The van der Waals surface area contributed by atoms with Crippen LogP contribution in [0, 0.1) is 17.4 Å². The average molecular weight is 327 g/mol. The van der Waals surface area contributed by atoms with Crippen LogP contribution in [0.3, 0.4) is 0 Å². The van der Waals surface area contributed by atoms with E-state index in [9.17, 15) is 0 Å². The maximum absolute atomic E-state index is 4.00. The first-order valence-corrected chi connectivity index (χ1v) is 6.23. The highest BCUT2D eigenvalue weighted by atomic mass is 127. The van der Waals surface area contributed by atoms with Gasteiger partial charge < -0.3 is 5.32 Å². The topological polar surface area (TPSA) is 40.7 Å². The number of benzene rings is 1. The summed E-state index contributed by atoms with van der Waals surface area (Å²) >= 11 is 2.32. The molecule has 0 saturated heterocycles. The lowest BCUT2D eigenvalue weighted by molar-refractivity contribution is 1.04. The third-order valence-electron chi connectivity index (χ3n) is 2.59. The van der Waals surface area contributed by atoms with Gasteiger partial charge in [-0.2, -0.15) is 5.10 Å². The maximum Gasteiger partial charge on any atom is 0.0539 e. The molecule has 0 fully saturated rings. The second-order valence-corrected chi connectivity index (χ2v) is 5.08. The van der Waals surface area contributed by atoms with Gasteiger partial charge in [0.2, 0.25) is 0 Å². The first-order valence-electron chi connectivity index (χ1n) is 5.15. The second kappa shape index (κ2) is 4.86. The lowest BCUT2D eigenvalue weighted by atomic mass is 10.2. The van der Waals surface area contributed by atoms with Gasteiger partial charge in [0, 0.05) is 27.1 Å². The Morgan fingerprint density at radius 1 is 1.38 bits per heavy atom. The van der Waals surface area contributed by atoms with Crippen molar-refractivity contribution in [2.45, 2.75) is 20.4 Å². The van der Waals surface area contributed by atoms with Crippen LogP contribution in [0.2, 0.25) is 0 Å². The predicted octanol–water partition coefficient (Wildman–Crippen LogP) is 3.24. The van der Waals surface area contributed by atoms with Crippen LogP contribution in [0.1, 0.15) is 16.8 Å². The van der Waals surface area contributed by atoms with E-state index in [1.54, 1.807) is 0 Å². The van der Waals surface area contributed by atoms with E-state index in [-0.39, 0.29) is 0 Å². The summed E-state index contributed by atoms with van der Waals surface area (Å²) in [6.07, 6.45) is 1.87. The van der Waals surface area contributed by atoms with Crippen LogP contribution in [0.15, 0.2) is 24.4 Å². The highest BCUT2D eigenvalue weighted by molar-refractivity contribution is 14.1. The van der Waals surface area contributed by atoms with E-state index in [1.807, 2.05) is 13.1 Å². The molecule has 0 aliphatic carbocycles. The fourth-order valence-electron chi connectivity index (χ4n) is 1.57.